The lowest BCUT2D eigenvalue weighted by molar-refractivity contribution is 0.251. The number of piperazine rings is 1. The van der Waals surface area contributed by atoms with Crippen LogP contribution in [0.5, 0.6) is 0 Å². The number of aromatic nitrogens is 3. The molecule has 0 spiro atoms. The van der Waals surface area contributed by atoms with Crippen LogP contribution in [-0.2, 0) is 6.54 Å². The SMILES string of the molecule is O=c1n(CCCCN2CCN(c3cccc4sc(F)cc34)CC2)nc2c(F)cccn12. The number of hydrogen-bond acceptors (Lipinski definition) is 5. The molecule has 4 aromatic rings. The van der Waals surface area contributed by atoms with Crippen molar-refractivity contribution < 1.29 is 8.78 Å². The van der Waals surface area contributed by atoms with Crippen LogP contribution in [0.3, 0.4) is 0 Å². The summed E-state index contributed by atoms with van der Waals surface area (Å²) in [5, 5.41) is 4.96. The molecule has 1 aromatic carbocycles. The fourth-order valence-electron chi connectivity index (χ4n) is 4.25. The van der Waals surface area contributed by atoms with E-state index in [1.807, 2.05) is 12.1 Å². The van der Waals surface area contributed by atoms with E-state index in [0.717, 1.165) is 61.3 Å². The molecule has 6 nitrogen and oxygen atoms in total. The van der Waals surface area contributed by atoms with Crippen LogP contribution in [0.4, 0.5) is 14.5 Å². The maximum absolute atomic E-state index is 13.8. The highest BCUT2D eigenvalue weighted by molar-refractivity contribution is 7.17. The lowest BCUT2D eigenvalue weighted by Gasteiger charge is -2.36. The summed E-state index contributed by atoms with van der Waals surface area (Å²) < 4.78 is 31.0. The Morgan fingerprint density at radius 2 is 1.81 bits per heavy atom. The van der Waals surface area contributed by atoms with Gasteiger partial charge >= 0.3 is 5.69 Å². The van der Waals surface area contributed by atoms with Crippen molar-refractivity contribution in [2.45, 2.75) is 19.4 Å². The van der Waals surface area contributed by atoms with E-state index in [1.54, 1.807) is 6.07 Å². The normalized spacial score (nSPS) is 15.4. The molecule has 9 heteroatoms. The van der Waals surface area contributed by atoms with Gasteiger partial charge in [-0.15, -0.1) is 16.4 Å². The van der Waals surface area contributed by atoms with Crippen molar-refractivity contribution in [1.29, 1.82) is 0 Å². The summed E-state index contributed by atoms with van der Waals surface area (Å²) >= 11 is 1.19. The lowest BCUT2D eigenvalue weighted by Crippen LogP contribution is -2.46. The van der Waals surface area contributed by atoms with Gasteiger partial charge < -0.3 is 4.90 Å². The molecule has 0 saturated carbocycles. The lowest BCUT2D eigenvalue weighted by atomic mass is 10.1. The summed E-state index contributed by atoms with van der Waals surface area (Å²) in [7, 11) is 0. The first-order valence-corrected chi connectivity index (χ1v) is 11.3. The number of pyridine rings is 1. The monoisotopic (exact) mass is 443 g/mol. The topological polar surface area (TPSA) is 45.8 Å². The second-order valence-electron chi connectivity index (χ2n) is 7.83. The Kier molecular flexibility index (Phi) is 5.45. The van der Waals surface area contributed by atoms with Crippen LogP contribution in [0.25, 0.3) is 15.7 Å². The highest BCUT2D eigenvalue weighted by atomic mass is 32.1. The van der Waals surface area contributed by atoms with Crippen molar-refractivity contribution in [3.05, 3.63) is 64.0 Å². The molecule has 31 heavy (non-hydrogen) atoms. The molecule has 1 saturated heterocycles. The van der Waals surface area contributed by atoms with Gasteiger partial charge in [-0.25, -0.2) is 18.3 Å². The molecule has 162 valence electrons. The zero-order chi connectivity index (χ0) is 21.4. The molecular formula is C22H23F2N5OS. The van der Waals surface area contributed by atoms with Crippen LogP contribution >= 0.6 is 11.3 Å². The minimum Gasteiger partial charge on any atom is -0.368 e. The number of rotatable bonds is 6. The van der Waals surface area contributed by atoms with Crippen LogP contribution in [0.15, 0.2) is 47.4 Å². The predicted molar refractivity (Wildman–Crippen MR) is 119 cm³/mol. The number of fused-ring (bicyclic) bond motifs is 2. The summed E-state index contributed by atoms with van der Waals surface area (Å²) in [4.78, 5) is 17.0. The highest BCUT2D eigenvalue weighted by Crippen LogP contribution is 2.33. The number of aryl methyl sites for hydroxylation is 1. The summed E-state index contributed by atoms with van der Waals surface area (Å²) in [6.45, 7) is 5.13. The molecule has 1 aliphatic rings. The molecule has 0 amide bonds. The smallest absolute Gasteiger partial charge is 0.350 e. The fraction of sp³-hybridized carbons (Fsp3) is 0.364. The first-order chi connectivity index (χ1) is 15.1. The molecule has 4 heterocycles. The third-order valence-electron chi connectivity index (χ3n) is 5.88. The van der Waals surface area contributed by atoms with Gasteiger partial charge in [-0.2, -0.15) is 4.39 Å². The minimum atomic E-state index is -0.489. The highest BCUT2D eigenvalue weighted by Gasteiger charge is 2.19. The summed E-state index contributed by atoms with van der Waals surface area (Å²) in [5.41, 5.74) is 0.877. The van der Waals surface area contributed by atoms with Crippen LogP contribution < -0.4 is 10.6 Å². The maximum atomic E-state index is 13.8. The second-order valence-corrected chi connectivity index (χ2v) is 8.86. The van der Waals surface area contributed by atoms with Gasteiger partial charge in [0.05, 0.1) is 0 Å². The van der Waals surface area contributed by atoms with E-state index in [9.17, 15) is 13.6 Å². The van der Waals surface area contributed by atoms with Gasteiger partial charge in [0, 0.05) is 54.7 Å². The Morgan fingerprint density at radius 3 is 2.61 bits per heavy atom. The van der Waals surface area contributed by atoms with Crippen LogP contribution in [0.1, 0.15) is 12.8 Å². The standard InChI is InChI=1S/C22H23F2N5OS/c23-17-5-4-9-28-21(17)25-29(22(28)30)10-2-1-8-26-11-13-27(14-12-26)18-6-3-7-19-16(18)15-20(24)31-19/h3-7,9,15H,1-2,8,10-14H2. The molecule has 0 aliphatic carbocycles. The molecule has 0 N–H and O–H groups in total. The molecule has 0 radical (unpaired) electrons. The van der Waals surface area contributed by atoms with Crippen molar-refractivity contribution >= 4 is 32.8 Å². The molecule has 0 bridgehead atoms. The largest absolute Gasteiger partial charge is 0.368 e. The van der Waals surface area contributed by atoms with Gasteiger partial charge in [0.25, 0.3) is 0 Å². The quantitative estimate of drug-likeness (QED) is 0.428. The van der Waals surface area contributed by atoms with Crippen molar-refractivity contribution in [3.8, 4) is 0 Å². The molecule has 0 atom stereocenters. The number of benzene rings is 1. The van der Waals surface area contributed by atoms with E-state index in [4.69, 9.17) is 0 Å². The van der Waals surface area contributed by atoms with E-state index >= 15 is 0 Å². The van der Waals surface area contributed by atoms with Gasteiger partial charge in [0.15, 0.2) is 16.6 Å². The Labute approximate surface area is 181 Å². The summed E-state index contributed by atoms with van der Waals surface area (Å²) in [5.74, 6) is -0.489. The maximum Gasteiger partial charge on any atom is 0.350 e. The molecular weight excluding hydrogens is 420 g/mol. The van der Waals surface area contributed by atoms with Crippen molar-refractivity contribution in [2.75, 3.05) is 37.6 Å². The van der Waals surface area contributed by atoms with E-state index < -0.39 is 5.82 Å². The Balaban J connectivity index is 1.13. The van der Waals surface area contributed by atoms with Gasteiger partial charge in [0.1, 0.15) is 0 Å². The van der Waals surface area contributed by atoms with E-state index in [2.05, 4.69) is 21.0 Å². The van der Waals surface area contributed by atoms with Gasteiger partial charge in [0.2, 0.25) is 0 Å². The molecule has 1 aliphatic heterocycles. The predicted octanol–water partition coefficient (Wildman–Crippen LogP) is 3.59. The Hall–Kier alpha value is -2.78. The number of hydrogen-bond donors (Lipinski definition) is 0. The fourth-order valence-corrected chi connectivity index (χ4v) is 5.06. The number of anilines is 1. The average Bonchev–Trinajstić information content (AvgIpc) is 3.32. The van der Waals surface area contributed by atoms with E-state index in [-0.39, 0.29) is 16.5 Å². The Bertz CT molecular complexity index is 1270. The number of unbranched alkanes of at least 4 members (excludes halogenated alkanes) is 1. The molecule has 5 rings (SSSR count). The molecule has 3 aromatic heterocycles. The van der Waals surface area contributed by atoms with Crippen LogP contribution in [0, 0.1) is 10.9 Å². The Morgan fingerprint density at radius 1 is 1.00 bits per heavy atom. The summed E-state index contributed by atoms with van der Waals surface area (Å²) in [6.07, 6.45) is 3.28. The van der Waals surface area contributed by atoms with Gasteiger partial charge in [-0.3, -0.25) is 4.90 Å². The summed E-state index contributed by atoms with van der Waals surface area (Å²) in [6, 6.07) is 10.5. The zero-order valence-corrected chi connectivity index (χ0v) is 17.8. The van der Waals surface area contributed by atoms with Crippen LogP contribution in [-0.4, -0.2) is 51.8 Å². The second kappa shape index (κ2) is 8.39. The number of halogens is 2. The first-order valence-electron chi connectivity index (χ1n) is 10.5. The van der Waals surface area contributed by atoms with Crippen molar-refractivity contribution in [1.82, 2.24) is 19.1 Å². The first kappa shape index (κ1) is 20.1. The molecule has 0 unspecified atom stereocenters. The van der Waals surface area contributed by atoms with Crippen molar-refractivity contribution in [2.24, 2.45) is 0 Å². The third kappa shape index (κ3) is 3.95. The van der Waals surface area contributed by atoms with Crippen LogP contribution in [0.2, 0.25) is 0 Å². The van der Waals surface area contributed by atoms with E-state index in [0.29, 0.717) is 6.54 Å². The molecule has 1 fully saturated rings. The van der Waals surface area contributed by atoms with Crippen molar-refractivity contribution in [3.63, 3.8) is 0 Å². The number of nitrogens with zero attached hydrogens (tertiary/aromatic N) is 5. The number of thiophene rings is 1. The van der Waals surface area contributed by atoms with Gasteiger partial charge in [-0.05, 0) is 49.7 Å². The zero-order valence-electron chi connectivity index (χ0n) is 17.0. The van der Waals surface area contributed by atoms with E-state index in [1.165, 1.54) is 38.7 Å². The van der Waals surface area contributed by atoms with Gasteiger partial charge in [-0.1, -0.05) is 6.07 Å². The third-order valence-corrected chi connectivity index (χ3v) is 6.77. The average molecular weight is 444 g/mol. The minimum absolute atomic E-state index is 0.0733.